The molecule has 0 aromatic carbocycles. The Balaban J connectivity index is 1.78. The van der Waals surface area contributed by atoms with Gasteiger partial charge in [0.15, 0.2) is 0 Å². The number of nitrogens with one attached hydrogen (secondary N) is 1. The Bertz CT molecular complexity index is 442. The molecular weight excluding hydrogens is 254 g/mol. The fraction of sp³-hybridized carbons (Fsp3) is 0.600. The maximum absolute atomic E-state index is 12.1. The number of carbonyl (C=O) groups is 1. The topological polar surface area (TPSA) is 54.5 Å². The smallest absolute Gasteiger partial charge is 0.256 e. The van der Waals surface area contributed by atoms with Gasteiger partial charge in [-0.25, -0.2) is 4.98 Å². The van der Waals surface area contributed by atoms with Crippen molar-refractivity contribution in [3.8, 4) is 5.88 Å². The van der Waals surface area contributed by atoms with Crippen LogP contribution < -0.4 is 10.1 Å². The average Bonchev–Trinajstić information content (AvgIpc) is 2.49. The molecule has 1 aromatic heterocycles. The lowest BCUT2D eigenvalue weighted by Gasteiger charge is -2.30. The van der Waals surface area contributed by atoms with E-state index in [-0.39, 0.29) is 5.91 Å². The van der Waals surface area contributed by atoms with Crippen molar-refractivity contribution in [2.45, 2.75) is 19.8 Å². The van der Waals surface area contributed by atoms with Gasteiger partial charge in [-0.05, 0) is 44.0 Å². The molecule has 0 saturated carbocycles. The Morgan fingerprint density at radius 1 is 1.50 bits per heavy atom. The number of aromatic nitrogens is 1. The normalized spacial score (nSPS) is 16.9. The summed E-state index contributed by atoms with van der Waals surface area (Å²) in [4.78, 5) is 18.5. The molecule has 1 aromatic rings. The lowest BCUT2D eigenvalue weighted by Crippen LogP contribution is -2.39. The molecule has 5 heteroatoms. The number of amides is 1. The largest absolute Gasteiger partial charge is 0.480 e. The first-order valence-corrected chi connectivity index (χ1v) is 7.20. The summed E-state index contributed by atoms with van der Waals surface area (Å²) in [5, 5.41) is 2.93. The summed E-state index contributed by atoms with van der Waals surface area (Å²) in [6, 6.07) is 3.47. The maximum Gasteiger partial charge on any atom is 0.256 e. The lowest BCUT2D eigenvalue weighted by molar-refractivity contribution is 0.0940. The average molecular weight is 277 g/mol. The van der Waals surface area contributed by atoms with Gasteiger partial charge in [0.2, 0.25) is 5.88 Å². The number of carbonyl (C=O) groups excluding carboxylic acids is 1. The minimum absolute atomic E-state index is 0.125. The second-order valence-corrected chi connectivity index (χ2v) is 5.34. The summed E-state index contributed by atoms with van der Waals surface area (Å²) in [7, 11) is 1.52. The highest BCUT2D eigenvalue weighted by Crippen LogP contribution is 2.15. The molecule has 0 atom stereocenters. The van der Waals surface area contributed by atoms with E-state index in [0.717, 1.165) is 25.6 Å². The van der Waals surface area contributed by atoms with Crippen molar-refractivity contribution in [2.24, 2.45) is 5.92 Å². The number of pyridine rings is 1. The molecule has 1 aliphatic rings. The highest BCUT2D eigenvalue weighted by Gasteiger charge is 2.16. The third kappa shape index (κ3) is 3.93. The Morgan fingerprint density at radius 2 is 2.25 bits per heavy atom. The van der Waals surface area contributed by atoms with Crippen LogP contribution in [0.3, 0.4) is 0 Å². The molecule has 0 spiro atoms. The molecule has 0 radical (unpaired) electrons. The van der Waals surface area contributed by atoms with Crippen LogP contribution in [0, 0.1) is 5.92 Å². The number of ether oxygens (including phenoxy) is 1. The number of hydrogen-bond acceptors (Lipinski definition) is 4. The van der Waals surface area contributed by atoms with Gasteiger partial charge in [0, 0.05) is 19.3 Å². The zero-order valence-corrected chi connectivity index (χ0v) is 12.3. The number of nitrogens with zero attached hydrogens (tertiary/aromatic N) is 2. The van der Waals surface area contributed by atoms with Crippen LogP contribution in [0.4, 0.5) is 0 Å². The van der Waals surface area contributed by atoms with E-state index in [1.54, 1.807) is 18.3 Å². The monoisotopic (exact) mass is 277 g/mol. The first-order valence-electron chi connectivity index (χ1n) is 7.20. The number of likely N-dealkylation sites (tertiary alicyclic amines) is 1. The van der Waals surface area contributed by atoms with Crippen LogP contribution in [0.15, 0.2) is 18.3 Å². The molecule has 2 rings (SSSR count). The van der Waals surface area contributed by atoms with Gasteiger partial charge in [-0.15, -0.1) is 0 Å². The van der Waals surface area contributed by atoms with Gasteiger partial charge in [-0.1, -0.05) is 6.92 Å². The second kappa shape index (κ2) is 7.24. The fourth-order valence-corrected chi connectivity index (χ4v) is 2.43. The third-order valence-corrected chi connectivity index (χ3v) is 3.80. The molecule has 20 heavy (non-hydrogen) atoms. The number of rotatable bonds is 5. The zero-order valence-electron chi connectivity index (χ0n) is 12.3. The van der Waals surface area contributed by atoms with E-state index in [2.05, 4.69) is 22.1 Å². The van der Waals surface area contributed by atoms with Crippen molar-refractivity contribution in [2.75, 3.05) is 33.3 Å². The Kier molecular flexibility index (Phi) is 5.35. The zero-order chi connectivity index (χ0) is 14.4. The second-order valence-electron chi connectivity index (χ2n) is 5.34. The van der Waals surface area contributed by atoms with Gasteiger partial charge >= 0.3 is 0 Å². The van der Waals surface area contributed by atoms with Crippen molar-refractivity contribution >= 4 is 5.91 Å². The molecule has 1 fully saturated rings. The van der Waals surface area contributed by atoms with Crippen molar-refractivity contribution < 1.29 is 9.53 Å². The standard InChI is InChI=1S/C15H23N3O2/c1-12-5-9-18(10-6-12)11-8-16-14(19)13-4-3-7-17-15(13)20-2/h3-4,7,12H,5-6,8-11H2,1-2H3,(H,16,19). The van der Waals surface area contributed by atoms with Crippen LogP contribution in [0.25, 0.3) is 0 Å². The summed E-state index contributed by atoms with van der Waals surface area (Å²) >= 11 is 0. The van der Waals surface area contributed by atoms with E-state index in [4.69, 9.17) is 4.74 Å². The molecule has 1 aliphatic heterocycles. The molecular formula is C15H23N3O2. The van der Waals surface area contributed by atoms with E-state index in [9.17, 15) is 4.79 Å². The highest BCUT2D eigenvalue weighted by molar-refractivity contribution is 5.96. The van der Waals surface area contributed by atoms with E-state index in [1.165, 1.54) is 20.0 Å². The molecule has 5 nitrogen and oxygen atoms in total. The minimum atomic E-state index is -0.125. The Labute approximate surface area is 120 Å². The predicted molar refractivity (Wildman–Crippen MR) is 78.0 cm³/mol. The third-order valence-electron chi connectivity index (χ3n) is 3.80. The molecule has 0 unspecified atom stereocenters. The predicted octanol–water partition coefficient (Wildman–Crippen LogP) is 1.55. The van der Waals surface area contributed by atoms with Crippen molar-refractivity contribution in [3.63, 3.8) is 0 Å². The highest BCUT2D eigenvalue weighted by atomic mass is 16.5. The van der Waals surface area contributed by atoms with E-state index in [1.807, 2.05) is 0 Å². The van der Waals surface area contributed by atoms with Gasteiger partial charge in [-0.2, -0.15) is 0 Å². The maximum atomic E-state index is 12.1. The van der Waals surface area contributed by atoms with Gasteiger partial charge in [0.25, 0.3) is 5.91 Å². The fourth-order valence-electron chi connectivity index (χ4n) is 2.43. The van der Waals surface area contributed by atoms with Crippen molar-refractivity contribution in [1.82, 2.24) is 15.2 Å². The number of piperidine rings is 1. The van der Waals surface area contributed by atoms with Crippen molar-refractivity contribution in [1.29, 1.82) is 0 Å². The van der Waals surface area contributed by atoms with Crippen LogP contribution in [0.1, 0.15) is 30.1 Å². The summed E-state index contributed by atoms with van der Waals surface area (Å²) < 4.78 is 5.09. The van der Waals surface area contributed by atoms with E-state index >= 15 is 0 Å². The summed E-state index contributed by atoms with van der Waals surface area (Å²) in [6.07, 6.45) is 4.12. The summed E-state index contributed by atoms with van der Waals surface area (Å²) in [6.45, 7) is 6.13. The molecule has 0 bridgehead atoms. The Morgan fingerprint density at radius 3 is 2.95 bits per heavy atom. The first-order chi connectivity index (χ1) is 9.70. The van der Waals surface area contributed by atoms with Crippen LogP contribution in [-0.2, 0) is 0 Å². The van der Waals surface area contributed by atoms with Gasteiger partial charge in [-0.3, -0.25) is 4.79 Å². The SMILES string of the molecule is COc1ncccc1C(=O)NCCN1CCC(C)CC1. The molecule has 1 amide bonds. The minimum Gasteiger partial charge on any atom is -0.480 e. The van der Waals surface area contributed by atoms with Crippen molar-refractivity contribution in [3.05, 3.63) is 23.9 Å². The molecule has 1 N–H and O–H groups in total. The molecule has 110 valence electrons. The first kappa shape index (κ1) is 14.8. The van der Waals surface area contributed by atoms with Crippen LogP contribution >= 0.6 is 0 Å². The lowest BCUT2D eigenvalue weighted by atomic mass is 9.99. The molecule has 1 saturated heterocycles. The van der Waals surface area contributed by atoms with E-state index in [0.29, 0.717) is 18.0 Å². The van der Waals surface area contributed by atoms with E-state index < -0.39 is 0 Å². The number of hydrogen-bond donors (Lipinski definition) is 1. The van der Waals surface area contributed by atoms with Gasteiger partial charge < -0.3 is 15.0 Å². The van der Waals surface area contributed by atoms with Gasteiger partial charge in [0.05, 0.1) is 7.11 Å². The summed E-state index contributed by atoms with van der Waals surface area (Å²) in [5.74, 6) is 1.08. The number of methoxy groups -OCH3 is 1. The van der Waals surface area contributed by atoms with Crippen LogP contribution in [0.2, 0.25) is 0 Å². The quantitative estimate of drug-likeness (QED) is 0.887. The van der Waals surface area contributed by atoms with Gasteiger partial charge in [0.1, 0.15) is 5.56 Å². The summed E-state index contributed by atoms with van der Waals surface area (Å²) in [5.41, 5.74) is 0.488. The Hall–Kier alpha value is -1.62. The molecule has 0 aliphatic carbocycles. The van der Waals surface area contributed by atoms with Crippen LogP contribution in [0.5, 0.6) is 5.88 Å². The molecule has 2 heterocycles. The van der Waals surface area contributed by atoms with Crippen LogP contribution in [-0.4, -0.2) is 49.1 Å².